The topological polar surface area (TPSA) is 114 Å². The van der Waals surface area contributed by atoms with Gasteiger partial charge in [-0.3, -0.25) is 4.79 Å². The Labute approximate surface area is 233 Å². The molecule has 0 unspecified atom stereocenters. The number of nitrogens with one attached hydrogen (secondary N) is 1. The molecule has 10 heteroatoms. The lowest BCUT2D eigenvalue weighted by Crippen LogP contribution is -2.23. The number of fused-ring (bicyclic) bond motifs is 4. The summed E-state index contributed by atoms with van der Waals surface area (Å²) in [7, 11) is -8.25. The number of sulfone groups is 2. The predicted octanol–water partition coefficient (Wildman–Crippen LogP) is 5.38. The molecule has 5 rings (SSSR count). The van der Waals surface area contributed by atoms with Gasteiger partial charge in [-0.2, -0.15) is 5.10 Å². The zero-order valence-corrected chi connectivity index (χ0v) is 23.8. The van der Waals surface area contributed by atoms with Gasteiger partial charge in [-0.1, -0.05) is 80.6 Å². The fourth-order valence-corrected chi connectivity index (χ4v) is 9.06. The van der Waals surface area contributed by atoms with E-state index in [1.54, 1.807) is 32.0 Å². The molecule has 0 bridgehead atoms. The average molecular weight is 576 g/mol. The van der Waals surface area contributed by atoms with Gasteiger partial charge in [0.15, 0.2) is 19.7 Å². The summed E-state index contributed by atoms with van der Waals surface area (Å²) in [6.07, 6.45) is 3.56. The summed E-state index contributed by atoms with van der Waals surface area (Å²) in [6.45, 7) is 3.40. The zero-order chi connectivity index (χ0) is 28.5. The standard InChI is InChI=1S/C30H29N3O5S2/c1-3-18-39(35,36)28-26-25-15-8-6-11-22(25)16-17-33(26)27(29(28)40(37,38)19-4-2)30(34)32-31-20-23-13-9-12-21-10-5-7-14-24(21)23/h5-17,20H,3-4,18-19H2,1-2H3,(H,32,34). The van der Waals surface area contributed by atoms with Crippen LogP contribution in [0.25, 0.3) is 27.1 Å². The number of rotatable bonds is 9. The molecule has 0 aliphatic rings. The summed E-state index contributed by atoms with van der Waals surface area (Å²) in [5.41, 5.74) is 3.10. The van der Waals surface area contributed by atoms with Crippen molar-refractivity contribution < 1.29 is 21.6 Å². The monoisotopic (exact) mass is 575 g/mol. The largest absolute Gasteiger partial charge is 0.309 e. The molecule has 2 aromatic heterocycles. The van der Waals surface area contributed by atoms with Crippen molar-refractivity contribution in [2.75, 3.05) is 11.5 Å². The molecule has 2 heterocycles. The van der Waals surface area contributed by atoms with Gasteiger partial charge >= 0.3 is 0 Å². The third-order valence-electron chi connectivity index (χ3n) is 6.71. The van der Waals surface area contributed by atoms with Crippen molar-refractivity contribution >= 4 is 58.9 Å². The van der Waals surface area contributed by atoms with Gasteiger partial charge in [-0.05, 0) is 35.1 Å². The van der Waals surface area contributed by atoms with Crippen LogP contribution in [0.2, 0.25) is 0 Å². The molecule has 0 saturated carbocycles. The fourth-order valence-electron chi connectivity index (χ4n) is 5.07. The summed E-state index contributed by atoms with van der Waals surface area (Å²) < 4.78 is 56.1. The molecule has 0 radical (unpaired) electrons. The average Bonchev–Trinajstić information content (AvgIpc) is 3.31. The first-order valence-corrected chi connectivity index (χ1v) is 16.3. The Bertz CT molecular complexity index is 2000. The van der Waals surface area contributed by atoms with Crippen molar-refractivity contribution in [2.24, 2.45) is 5.10 Å². The van der Waals surface area contributed by atoms with Crippen molar-refractivity contribution in [3.8, 4) is 0 Å². The second kappa shape index (κ2) is 10.9. The Morgan fingerprint density at radius 1 is 0.775 bits per heavy atom. The van der Waals surface area contributed by atoms with E-state index in [0.717, 1.165) is 21.7 Å². The van der Waals surface area contributed by atoms with Crippen LogP contribution in [0.1, 0.15) is 42.7 Å². The Morgan fingerprint density at radius 2 is 1.35 bits per heavy atom. The lowest BCUT2D eigenvalue weighted by atomic mass is 10.1. The van der Waals surface area contributed by atoms with Crippen LogP contribution in [0.4, 0.5) is 0 Å². The zero-order valence-electron chi connectivity index (χ0n) is 22.2. The van der Waals surface area contributed by atoms with E-state index >= 15 is 0 Å². The van der Waals surface area contributed by atoms with Gasteiger partial charge in [-0.25, -0.2) is 22.3 Å². The van der Waals surface area contributed by atoms with Gasteiger partial charge < -0.3 is 4.40 Å². The second-order valence-corrected chi connectivity index (χ2v) is 13.6. The summed E-state index contributed by atoms with van der Waals surface area (Å²) >= 11 is 0. The lowest BCUT2D eigenvalue weighted by Gasteiger charge is -2.09. The molecule has 0 atom stereocenters. The third-order valence-corrected chi connectivity index (χ3v) is 10.8. The molecule has 0 spiro atoms. The molecule has 0 fully saturated rings. The molecule has 1 N–H and O–H groups in total. The van der Waals surface area contributed by atoms with E-state index in [9.17, 15) is 21.6 Å². The van der Waals surface area contributed by atoms with E-state index in [4.69, 9.17) is 0 Å². The smallest absolute Gasteiger partial charge is 0.289 e. The van der Waals surface area contributed by atoms with Gasteiger partial charge in [0.05, 0.1) is 23.2 Å². The summed E-state index contributed by atoms with van der Waals surface area (Å²) in [5, 5.41) is 7.32. The van der Waals surface area contributed by atoms with E-state index in [0.29, 0.717) is 5.39 Å². The van der Waals surface area contributed by atoms with Gasteiger partial charge in [-0.15, -0.1) is 0 Å². The summed E-state index contributed by atoms with van der Waals surface area (Å²) in [4.78, 5) is 12.9. The lowest BCUT2D eigenvalue weighted by molar-refractivity contribution is 0.0945. The van der Waals surface area contributed by atoms with Crippen molar-refractivity contribution in [1.29, 1.82) is 0 Å². The van der Waals surface area contributed by atoms with Crippen molar-refractivity contribution in [2.45, 2.75) is 36.5 Å². The minimum Gasteiger partial charge on any atom is -0.309 e. The van der Waals surface area contributed by atoms with Crippen LogP contribution < -0.4 is 5.43 Å². The number of amides is 1. The quantitative estimate of drug-likeness (QED) is 0.187. The van der Waals surface area contributed by atoms with Crippen LogP contribution in [-0.4, -0.2) is 44.9 Å². The van der Waals surface area contributed by atoms with E-state index < -0.39 is 30.5 Å². The number of aromatic nitrogens is 1. The molecule has 1 amide bonds. The highest BCUT2D eigenvalue weighted by molar-refractivity contribution is 7.94. The number of carbonyl (C=O) groups is 1. The molecule has 206 valence electrons. The van der Waals surface area contributed by atoms with Crippen molar-refractivity contribution in [1.82, 2.24) is 9.83 Å². The molecular formula is C30H29N3O5S2. The molecule has 0 aliphatic carbocycles. The number of benzene rings is 3. The van der Waals surface area contributed by atoms with Crippen LogP contribution in [-0.2, 0) is 19.7 Å². The van der Waals surface area contributed by atoms with Gasteiger partial charge in [0, 0.05) is 17.1 Å². The number of hydrogen-bond donors (Lipinski definition) is 1. The van der Waals surface area contributed by atoms with E-state index in [1.807, 2.05) is 54.6 Å². The maximum absolute atomic E-state index is 13.7. The van der Waals surface area contributed by atoms with Gasteiger partial charge in [0.2, 0.25) is 0 Å². The Balaban J connectivity index is 1.74. The SMILES string of the molecule is CCCS(=O)(=O)c1c(S(=O)(=O)CCC)c2c3ccccc3ccn2c1C(=O)NN=Cc1cccc2ccccc12. The van der Waals surface area contributed by atoms with Crippen molar-refractivity contribution in [3.63, 3.8) is 0 Å². The second-order valence-electron chi connectivity index (χ2n) is 9.53. The molecule has 5 aromatic rings. The number of hydrazone groups is 1. The molecular weight excluding hydrogens is 546 g/mol. The van der Waals surface area contributed by atoms with Crippen LogP contribution in [0.15, 0.2) is 93.9 Å². The molecule has 8 nitrogen and oxygen atoms in total. The van der Waals surface area contributed by atoms with Crippen molar-refractivity contribution in [3.05, 3.63) is 90.3 Å². The first kappa shape index (κ1) is 27.5. The first-order chi connectivity index (χ1) is 19.2. The number of carbonyl (C=O) groups excluding carboxylic acids is 1. The fraction of sp³-hybridized carbons (Fsp3) is 0.200. The number of nitrogens with zero attached hydrogens (tertiary/aromatic N) is 2. The normalized spacial score (nSPS) is 12.6. The molecule has 3 aromatic carbocycles. The minimum absolute atomic E-state index is 0.171. The Morgan fingerprint density at radius 3 is 2.02 bits per heavy atom. The van der Waals surface area contributed by atoms with Crippen LogP contribution in [0.3, 0.4) is 0 Å². The highest BCUT2D eigenvalue weighted by Crippen LogP contribution is 2.37. The molecule has 40 heavy (non-hydrogen) atoms. The highest BCUT2D eigenvalue weighted by Gasteiger charge is 2.37. The van der Waals surface area contributed by atoms with E-state index in [2.05, 4.69) is 10.5 Å². The van der Waals surface area contributed by atoms with Gasteiger partial charge in [0.25, 0.3) is 5.91 Å². The maximum Gasteiger partial charge on any atom is 0.289 e. The first-order valence-electron chi connectivity index (χ1n) is 13.0. The summed E-state index contributed by atoms with van der Waals surface area (Å²) in [5.74, 6) is -1.39. The van der Waals surface area contributed by atoms with Gasteiger partial charge in [0.1, 0.15) is 15.5 Å². The number of pyridine rings is 1. The maximum atomic E-state index is 13.7. The van der Waals surface area contributed by atoms with Crippen LogP contribution in [0, 0.1) is 0 Å². The number of hydrogen-bond acceptors (Lipinski definition) is 6. The predicted molar refractivity (Wildman–Crippen MR) is 159 cm³/mol. The van der Waals surface area contributed by atoms with Crippen LogP contribution in [0.5, 0.6) is 0 Å². The van der Waals surface area contributed by atoms with Crippen LogP contribution >= 0.6 is 0 Å². The van der Waals surface area contributed by atoms with E-state index in [1.165, 1.54) is 16.8 Å². The molecule has 0 aliphatic heterocycles. The van der Waals surface area contributed by atoms with E-state index in [-0.39, 0.29) is 40.5 Å². The third kappa shape index (κ3) is 4.89. The minimum atomic E-state index is -4.17. The molecule has 0 saturated heterocycles. The Kier molecular flexibility index (Phi) is 7.48. The Hall–Kier alpha value is -4.02. The summed E-state index contributed by atoms with van der Waals surface area (Å²) in [6, 6.07) is 22.2. The highest BCUT2D eigenvalue weighted by atomic mass is 32.2.